The first-order valence-electron chi connectivity index (χ1n) is 8.54. The first-order chi connectivity index (χ1) is 12.8. The van der Waals surface area contributed by atoms with E-state index in [9.17, 15) is 4.79 Å². The van der Waals surface area contributed by atoms with Crippen molar-refractivity contribution in [2.24, 2.45) is 0 Å². The van der Waals surface area contributed by atoms with Gasteiger partial charge in [-0.15, -0.1) is 0 Å². The fraction of sp³-hybridized carbons (Fsp3) is 0.200. The van der Waals surface area contributed by atoms with Gasteiger partial charge < -0.3 is 19.5 Å². The van der Waals surface area contributed by atoms with Crippen molar-refractivity contribution in [1.29, 1.82) is 0 Å². The fourth-order valence-corrected chi connectivity index (χ4v) is 3.42. The van der Waals surface area contributed by atoms with Gasteiger partial charge in [-0.1, -0.05) is 30.3 Å². The van der Waals surface area contributed by atoms with Gasteiger partial charge in [-0.3, -0.25) is 0 Å². The van der Waals surface area contributed by atoms with Gasteiger partial charge in [0.2, 0.25) is 5.88 Å². The van der Waals surface area contributed by atoms with Gasteiger partial charge in [-0.25, -0.2) is 9.78 Å². The lowest BCUT2D eigenvalue weighted by Gasteiger charge is -2.37. The van der Waals surface area contributed by atoms with Crippen LogP contribution in [0.3, 0.4) is 0 Å². The van der Waals surface area contributed by atoms with Gasteiger partial charge in [0.25, 0.3) is 0 Å². The molecule has 4 rings (SSSR count). The van der Waals surface area contributed by atoms with Gasteiger partial charge in [0.1, 0.15) is 5.69 Å². The molecule has 2 aromatic heterocycles. The molecule has 0 spiro atoms. The quantitative estimate of drug-likeness (QED) is 0.788. The minimum atomic E-state index is -0.169. The number of benzene rings is 1. The van der Waals surface area contributed by atoms with Crippen molar-refractivity contribution in [2.75, 3.05) is 19.0 Å². The van der Waals surface area contributed by atoms with Crippen LogP contribution in [0.1, 0.15) is 17.3 Å². The molecule has 1 aliphatic heterocycles. The van der Waals surface area contributed by atoms with Crippen molar-refractivity contribution in [1.82, 2.24) is 14.5 Å². The molecule has 0 radical (unpaired) electrons. The maximum absolute atomic E-state index is 13.1. The molecule has 1 atom stereocenters. The number of pyridine rings is 1. The third kappa shape index (κ3) is 2.90. The van der Waals surface area contributed by atoms with Gasteiger partial charge in [0.15, 0.2) is 0 Å². The molecule has 0 bridgehead atoms. The summed E-state index contributed by atoms with van der Waals surface area (Å²) in [4.78, 5) is 19.1. The summed E-state index contributed by atoms with van der Waals surface area (Å²) in [5, 5.41) is 2.94. The summed E-state index contributed by atoms with van der Waals surface area (Å²) >= 11 is 0. The molecule has 2 amide bonds. The predicted molar refractivity (Wildman–Crippen MR) is 99.2 cm³/mol. The second-order valence-corrected chi connectivity index (χ2v) is 6.12. The molecule has 6 heteroatoms. The highest BCUT2D eigenvalue weighted by molar-refractivity contribution is 5.91. The number of carbonyl (C=O) groups is 1. The first kappa shape index (κ1) is 16.2. The molecule has 1 aromatic carbocycles. The molecule has 132 valence electrons. The Bertz CT molecular complexity index is 907. The summed E-state index contributed by atoms with van der Waals surface area (Å²) in [6.45, 7) is 1.39. The van der Waals surface area contributed by atoms with E-state index < -0.39 is 0 Å². The van der Waals surface area contributed by atoms with E-state index >= 15 is 0 Å². The molecule has 1 unspecified atom stereocenters. The SMILES string of the molecule is COc1ncccc1NC(=O)N1CCn2cccc2C1c1ccccc1. The van der Waals surface area contributed by atoms with Crippen molar-refractivity contribution in [3.8, 4) is 5.88 Å². The Morgan fingerprint density at radius 3 is 2.77 bits per heavy atom. The van der Waals surface area contributed by atoms with Crippen molar-refractivity contribution in [3.05, 3.63) is 78.2 Å². The van der Waals surface area contributed by atoms with Gasteiger partial charge >= 0.3 is 6.03 Å². The number of methoxy groups -OCH3 is 1. The monoisotopic (exact) mass is 348 g/mol. The van der Waals surface area contributed by atoms with Crippen LogP contribution in [0.2, 0.25) is 0 Å². The number of fused-ring (bicyclic) bond motifs is 1. The van der Waals surface area contributed by atoms with Crippen molar-refractivity contribution >= 4 is 11.7 Å². The molecule has 0 saturated carbocycles. The first-order valence-corrected chi connectivity index (χ1v) is 8.54. The van der Waals surface area contributed by atoms with Gasteiger partial charge in [-0.05, 0) is 29.8 Å². The van der Waals surface area contributed by atoms with Crippen LogP contribution in [-0.2, 0) is 6.54 Å². The Morgan fingerprint density at radius 1 is 1.12 bits per heavy atom. The molecule has 0 fully saturated rings. The third-order valence-electron chi connectivity index (χ3n) is 4.62. The number of nitrogens with one attached hydrogen (secondary N) is 1. The average Bonchev–Trinajstić information content (AvgIpc) is 3.17. The summed E-state index contributed by atoms with van der Waals surface area (Å²) in [6, 6.07) is 17.4. The van der Waals surface area contributed by atoms with Crippen LogP contribution in [0.15, 0.2) is 67.0 Å². The van der Waals surface area contributed by atoms with Crippen molar-refractivity contribution in [2.45, 2.75) is 12.6 Å². The summed E-state index contributed by atoms with van der Waals surface area (Å²) in [7, 11) is 1.54. The van der Waals surface area contributed by atoms with Crippen LogP contribution in [0, 0.1) is 0 Å². The Morgan fingerprint density at radius 2 is 1.96 bits per heavy atom. The van der Waals surface area contributed by atoms with Gasteiger partial charge in [0, 0.05) is 31.2 Å². The second kappa shape index (κ2) is 6.92. The Balaban J connectivity index is 1.67. The largest absolute Gasteiger partial charge is 0.480 e. The lowest BCUT2D eigenvalue weighted by atomic mass is 10.0. The Labute approximate surface area is 152 Å². The molecule has 3 aromatic rings. The van der Waals surface area contributed by atoms with Crippen LogP contribution in [0.4, 0.5) is 10.5 Å². The number of hydrogen-bond acceptors (Lipinski definition) is 3. The number of carbonyl (C=O) groups excluding carboxylic acids is 1. The van der Waals surface area contributed by atoms with Crippen LogP contribution in [0.5, 0.6) is 5.88 Å². The highest BCUT2D eigenvalue weighted by Crippen LogP contribution is 2.33. The normalized spacial score (nSPS) is 16.0. The molecule has 3 heterocycles. The van der Waals surface area contributed by atoms with Crippen molar-refractivity contribution in [3.63, 3.8) is 0 Å². The molecule has 26 heavy (non-hydrogen) atoms. The topological polar surface area (TPSA) is 59.4 Å². The number of ether oxygens (including phenoxy) is 1. The molecule has 1 N–H and O–H groups in total. The minimum Gasteiger partial charge on any atom is -0.480 e. The lowest BCUT2D eigenvalue weighted by Crippen LogP contribution is -2.44. The standard InChI is InChI=1S/C20H20N4O2/c1-26-19-16(9-5-11-21-19)22-20(25)24-14-13-23-12-6-10-17(23)18(24)15-7-3-2-4-8-15/h2-12,18H,13-14H2,1H3,(H,22,25). The van der Waals surface area contributed by atoms with E-state index in [1.807, 2.05) is 29.2 Å². The van der Waals surface area contributed by atoms with E-state index in [2.05, 4.69) is 39.3 Å². The van der Waals surface area contributed by atoms with Gasteiger partial charge in [0.05, 0.1) is 13.2 Å². The number of urea groups is 1. The zero-order chi connectivity index (χ0) is 17.9. The Kier molecular flexibility index (Phi) is 4.31. The number of aromatic nitrogens is 2. The fourth-order valence-electron chi connectivity index (χ4n) is 3.42. The number of amides is 2. The molecular weight excluding hydrogens is 328 g/mol. The van der Waals surface area contributed by atoms with E-state index in [1.54, 1.807) is 25.4 Å². The number of nitrogens with zero attached hydrogens (tertiary/aromatic N) is 3. The predicted octanol–water partition coefficient (Wildman–Crippen LogP) is 3.53. The second-order valence-electron chi connectivity index (χ2n) is 6.12. The zero-order valence-electron chi connectivity index (χ0n) is 14.5. The highest BCUT2D eigenvalue weighted by Gasteiger charge is 2.32. The molecule has 6 nitrogen and oxygen atoms in total. The lowest BCUT2D eigenvalue weighted by molar-refractivity contribution is 0.181. The highest BCUT2D eigenvalue weighted by atomic mass is 16.5. The van der Waals surface area contributed by atoms with E-state index in [0.29, 0.717) is 18.1 Å². The summed E-state index contributed by atoms with van der Waals surface area (Å²) in [5.74, 6) is 0.400. The number of anilines is 1. The zero-order valence-corrected chi connectivity index (χ0v) is 14.5. The smallest absolute Gasteiger partial charge is 0.322 e. The van der Waals surface area contributed by atoms with Crippen LogP contribution in [0.25, 0.3) is 0 Å². The third-order valence-corrected chi connectivity index (χ3v) is 4.62. The Hall–Kier alpha value is -3.28. The van der Waals surface area contributed by atoms with E-state index in [-0.39, 0.29) is 12.1 Å². The molecule has 1 aliphatic rings. The van der Waals surface area contributed by atoms with E-state index in [4.69, 9.17) is 4.74 Å². The van der Waals surface area contributed by atoms with Crippen LogP contribution >= 0.6 is 0 Å². The average molecular weight is 348 g/mol. The van der Waals surface area contributed by atoms with E-state index in [1.165, 1.54) is 0 Å². The maximum atomic E-state index is 13.1. The number of hydrogen-bond donors (Lipinski definition) is 1. The summed E-state index contributed by atoms with van der Waals surface area (Å²) in [5.41, 5.74) is 2.75. The van der Waals surface area contributed by atoms with Gasteiger partial charge in [-0.2, -0.15) is 0 Å². The summed E-state index contributed by atoms with van der Waals surface area (Å²) in [6.07, 6.45) is 3.69. The van der Waals surface area contributed by atoms with Crippen LogP contribution < -0.4 is 10.1 Å². The molecule has 0 aliphatic carbocycles. The molecular formula is C20H20N4O2. The minimum absolute atomic E-state index is 0.136. The molecule has 0 saturated heterocycles. The number of rotatable bonds is 3. The van der Waals surface area contributed by atoms with Crippen LogP contribution in [-0.4, -0.2) is 34.1 Å². The van der Waals surface area contributed by atoms with E-state index in [0.717, 1.165) is 17.8 Å². The van der Waals surface area contributed by atoms with Crippen molar-refractivity contribution < 1.29 is 9.53 Å². The summed E-state index contributed by atoms with van der Waals surface area (Å²) < 4.78 is 7.44. The maximum Gasteiger partial charge on any atom is 0.322 e.